The number of aromatic nitrogens is 1. The van der Waals surface area contributed by atoms with E-state index < -0.39 is 0 Å². The Morgan fingerprint density at radius 1 is 1.09 bits per heavy atom. The van der Waals surface area contributed by atoms with Gasteiger partial charge < -0.3 is 9.57 Å². The number of carbonyl (C=O) groups is 1. The Morgan fingerprint density at radius 3 is 2.64 bits per heavy atom. The minimum atomic E-state index is -0.383. The van der Waals surface area contributed by atoms with E-state index in [9.17, 15) is 9.59 Å². The molecule has 0 N–H and O–H groups in total. The summed E-state index contributed by atoms with van der Waals surface area (Å²) in [4.78, 5) is 29.7. The molecule has 0 aliphatic heterocycles. The van der Waals surface area contributed by atoms with E-state index in [1.807, 2.05) is 6.92 Å². The van der Waals surface area contributed by atoms with Crippen LogP contribution in [0.2, 0.25) is 0 Å². The standard InChI is InChI=1S/C17H21NO4/c1-3-5-12-22-18-15-8-6-7-14(17(20)21-11-4-2)13(15)9-10-16(18)19/h6-10H,3-5,11-12H2,1-2H3. The highest BCUT2D eigenvalue weighted by molar-refractivity contribution is 6.03. The maximum absolute atomic E-state index is 12.1. The lowest BCUT2D eigenvalue weighted by molar-refractivity contribution is 0.0507. The number of hydrogen-bond donors (Lipinski definition) is 0. The van der Waals surface area contributed by atoms with Gasteiger partial charge in [-0.05, 0) is 31.0 Å². The quantitative estimate of drug-likeness (QED) is 0.583. The van der Waals surface area contributed by atoms with Crippen molar-refractivity contribution in [3.05, 3.63) is 46.2 Å². The van der Waals surface area contributed by atoms with Crippen molar-refractivity contribution in [2.24, 2.45) is 0 Å². The number of unbranched alkanes of at least 4 members (excludes halogenated alkanes) is 1. The van der Waals surface area contributed by atoms with Crippen LogP contribution in [-0.2, 0) is 4.74 Å². The summed E-state index contributed by atoms with van der Waals surface area (Å²) in [6.07, 6.45) is 2.61. The average Bonchev–Trinajstić information content (AvgIpc) is 2.54. The van der Waals surface area contributed by atoms with E-state index in [0.717, 1.165) is 19.3 Å². The number of nitrogens with zero attached hydrogens (tertiary/aromatic N) is 1. The van der Waals surface area contributed by atoms with Crippen molar-refractivity contribution < 1.29 is 14.4 Å². The maximum atomic E-state index is 12.1. The molecule has 5 heteroatoms. The first-order chi connectivity index (χ1) is 10.7. The molecule has 0 aliphatic carbocycles. The SMILES string of the molecule is CCCCOn1c(=O)ccc2c(C(=O)OCCC)cccc21. The number of ether oxygens (including phenoxy) is 1. The van der Waals surface area contributed by atoms with Crippen LogP contribution >= 0.6 is 0 Å². The number of rotatable bonds is 7. The fourth-order valence-corrected chi connectivity index (χ4v) is 2.13. The van der Waals surface area contributed by atoms with Crippen molar-refractivity contribution in [2.45, 2.75) is 33.1 Å². The Bertz CT molecular complexity index is 705. The molecule has 2 aromatic rings. The molecule has 5 nitrogen and oxygen atoms in total. The fraction of sp³-hybridized carbons (Fsp3) is 0.412. The maximum Gasteiger partial charge on any atom is 0.338 e. The largest absolute Gasteiger partial charge is 0.462 e. The van der Waals surface area contributed by atoms with Crippen LogP contribution in [-0.4, -0.2) is 23.9 Å². The molecule has 118 valence electrons. The molecule has 0 spiro atoms. The first-order valence-electron chi connectivity index (χ1n) is 7.64. The van der Waals surface area contributed by atoms with E-state index >= 15 is 0 Å². The topological polar surface area (TPSA) is 57.5 Å². The number of carbonyl (C=O) groups excluding carboxylic acids is 1. The van der Waals surface area contributed by atoms with E-state index in [0.29, 0.717) is 29.7 Å². The van der Waals surface area contributed by atoms with Crippen molar-refractivity contribution in [3.8, 4) is 0 Å². The van der Waals surface area contributed by atoms with Gasteiger partial charge in [0.1, 0.15) is 6.61 Å². The van der Waals surface area contributed by atoms with Crippen molar-refractivity contribution >= 4 is 16.9 Å². The molecular formula is C17H21NO4. The normalized spacial score (nSPS) is 10.6. The molecule has 0 amide bonds. The van der Waals surface area contributed by atoms with E-state index in [-0.39, 0.29) is 11.5 Å². The first kappa shape index (κ1) is 16.1. The van der Waals surface area contributed by atoms with Crippen LogP contribution in [0.15, 0.2) is 35.1 Å². The molecule has 0 atom stereocenters. The zero-order valence-electron chi connectivity index (χ0n) is 13.0. The second-order valence-electron chi connectivity index (χ2n) is 5.03. The third-order valence-electron chi connectivity index (χ3n) is 3.27. The zero-order valence-corrected chi connectivity index (χ0v) is 13.0. The Balaban J connectivity index is 2.43. The molecule has 1 aromatic heterocycles. The molecule has 0 aliphatic rings. The zero-order chi connectivity index (χ0) is 15.9. The van der Waals surface area contributed by atoms with Gasteiger partial charge in [-0.3, -0.25) is 4.79 Å². The van der Waals surface area contributed by atoms with Gasteiger partial charge in [-0.15, -0.1) is 4.73 Å². The third-order valence-corrected chi connectivity index (χ3v) is 3.27. The smallest absolute Gasteiger partial charge is 0.338 e. The van der Waals surface area contributed by atoms with Crippen LogP contribution in [0, 0.1) is 0 Å². The number of benzene rings is 1. The number of pyridine rings is 1. The number of fused-ring (bicyclic) bond motifs is 1. The van der Waals surface area contributed by atoms with Crippen molar-refractivity contribution in [1.82, 2.24) is 4.73 Å². The van der Waals surface area contributed by atoms with Gasteiger partial charge >= 0.3 is 5.97 Å². The summed E-state index contributed by atoms with van der Waals surface area (Å²) in [6.45, 7) is 4.83. The van der Waals surface area contributed by atoms with Gasteiger partial charge in [-0.2, -0.15) is 0 Å². The lowest BCUT2D eigenvalue weighted by Gasteiger charge is -2.13. The minimum absolute atomic E-state index is 0.248. The van der Waals surface area contributed by atoms with Crippen molar-refractivity contribution in [3.63, 3.8) is 0 Å². The molecule has 22 heavy (non-hydrogen) atoms. The lowest BCUT2D eigenvalue weighted by Crippen LogP contribution is -2.27. The number of hydrogen-bond acceptors (Lipinski definition) is 4. The Kier molecular flexibility index (Phi) is 5.58. The third kappa shape index (κ3) is 3.47. The predicted octanol–water partition coefficient (Wildman–Crippen LogP) is 2.80. The molecule has 0 fully saturated rings. The van der Waals surface area contributed by atoms with Crippen LogP contribution in [0.5, 0.6) is 0 Å². The van der Waals surface area contributed by atoms with Crippen LogP contribution in [0.3, 0.4) is 0 Å². The molecule has 1 heterocycles. The molecule has 0 bridgehead atoms. The van der Waals surface area contributed by atoms with E-state index in [1.165, 1.54) is 10.8 Å². The number of esters is 1. The highest BCUT2D eigenvalue weighted by Crippen LogP contribution is 2.18. The highest BCUT2D eigenvalue weighted by atomic mass is 16.7. The second-order valence-corrected chi connectivity index (χ2v) is 5.03. The van der Waals surface area contributed by atoms with Crippen LogP contribution in [0.1, 0.15) is 43.5 Å². The monoisotopic (exact) mass is 303 g/mol. The molecule has 0 radical (unpaired) electrons. The molecule has 0 saturated carbocycles. The first-order valence-corrected chi connectivity index (χ1v) is 7.64. The van der Waals surface area contributed by atoms with Gasteiger partial charge in [0.15, 0.2) is 0 Å². The Labute approximate surface area is 129 Å². The van der Waals surface area contributed by atoms with E-state index in [4.69, 9.17) is 9.57 Å². The van der Waals surface area contributed by atoms with E-state index in [2.05, 4.69) is 6.92 Å². The summed E-state index contributed by atoms with van der Waals surface area (Å²) >= 11 is 0. The molecular weight excluding hydrogens is 282 g/mol. The van der Waals surface area contributed by atoms with Gasteiger partial charge in [0.2, 0.25) is 0 Å². The Hall–Kier alpha value is -2.30. The summed E-state index contributed by atoms with van der Waals surface area (Å²) in [5.74, 6) is -0.383. The van der Waals surface area contributed by atoms with Crippen LogP contribution in [0.25, 0.3) is 10.9 Å². The second kappa shape index (κ2) is 7.64. The van der Waals surface area contributed by atoms with Crippen LogP contribution < -0.4 is 10.4 Å². The van der Waals surface area contributed by atoms with E-state index in [1.54, 1.807) is 24.3 Å². The highest BCUT2D eigenvalue weighted by Gasteiger charge is 2.14. The van der Waals surface area contributed by atoms with Crippen molar-refractivity contribution in [1.29, 1.82) is 0 Å². The molecule has 1 aromatic carbocycles. The molecule has 0 unspecified atom stereocenters. The van der Waals surface area contributed by atoms with Gasteiger partial charge in [0.05, 0.1) is 17.7 Å². The van der Waals surface area contributed by atoms with Gasteiger partial charge in [0.25, 0.3) is 5.56 Å². The predicted molar refractivity (Wildman–Crippen MR) is 85.1 cm³/mol. The fourth-order valence-electron chi connectivity index (χ4n) is 2.13. The lowest BCUT2D eigenvalue weighted by atomic mass is 10.1. The summed E-state index contributed by atoms with van der Waals surface area (Å²) in [5.41, 5.74) is 0.774. The average molecular weight is 303 g/mol. The van der Waals surface area contributed by atoms with Crippen molar-refractivity contribution in [2.75, 3.05) is 13.2 Å². The molecule has 0 saturated heterocycles. The van der Waals surface area contributed by atoms with Gasteiger partial charge in [0, 0.05) is 11.5 Å². The molecule has 2 rings (SSSR count). The van der Waals surface area contributed by atoms with Gasteiger partial charge in [-0.1, -0.05) is 26.3 Å². The van der Waals surface area contributed by atoms with Crippen LogP contribution in [0.4, 0.5) is 0 Å². The summed E-state index contributed by atoms with van der Waals surface area (Å²) in [6, 6.07) is 8.23. The van der Waals surface area contributed by atoms with Gasteiger partial charge in [-0.25, -0.2) is 4.79 Å². The minimum Gasteiger partial charge on any atom is -0.462 e. The Morgan fingerprint density at radius 2 is 1.91 bits per heavy atom. The summed E-state index contributed by atoms with van der Waals surface area (Å²) in [7, 11) is 0. The summed E-state index contributed by atoms with van der Waals surface area (Å²) in [5, 5.41) is 0.653. The summed E-state index contributed by atoms with van der Waals surface area (Å²) < 4.78 is 6.44.